The maximum absolute atomic E-state index is 14.9. The molecular formula is C28H24F2O4. The molecule has 34 heavy (non-hydrogen) atoms. The number of hydrogen-bond acceptors (Lipinski definition) is 4. The van der Waals surface area contributed by atoms with Gasteiger partial charge in [-0.3, -0.25) is 0 Å². The monoisotopic (exact) mass is 462 g/mol. The summed E-state index contributed by atoms with van der Waals surface area (Å²) >= 11 is 0. The topological polar surface area (TPSA) is 52.6 Å². The molecule has 3 aromatic carbocycles. The van der Waals surface area contributed by atoms with Crippen LogP contribution < -0.4 is 4.74 Å². The summed E-state index contributed by atoms with van der Waals surface area (Å²) < 4.78 is 40.0. The summed E-state index contributed by atoms with van der Waals surface area (Å²) in [6, 6.07) is 16.1. The summed E-state index contributed by atoms with van der Waals surface area (Å²) in [4.78, 5) is 23.0. The van der Waals surface area contributed by atoms with Gasteiger partial charge in [-0.1, -0.05) is 61.7 Å². The van der Waals surface area contributed by atoms with Gasteiger partial charge in [0, 0.05) is 28.7 Å². The number of hydrogen-bond donors (Lipinski definition) is 0. The number of rotatable bonds is 8. The van der Waals surface area contributed by atoms with Crippen LogP contribution in [-0.2, 0) is 20.7 Å². The van der Waals surface area contributed by atoms with Crippen molar-refractivity contribution in [2.75, 3.05) is 6.61 Å². The lowest BCUT2D eigenvalue weighted by Crippen LogP contribution is -2.08. The SMILES string of the molecule is C=C(C)C(=O)OCCc1ccc(-c2ccc(-c3ccc(OC(=O)C(=C)C)cc3)c(F)c2F)cc1. The van der Waals surface area contributed by atoms with Crippen molar-refractivity contribution in [1.82, 2.24) is 0 Å². The lowest BCUT2D eigenvalue weighted by atomic mass is 9.98. The minimum Gasteiger partial charge on any atom is -0.462 e. The zero-order chi connectivity index (χ0) is 24.8. The highest BCUT2D eigenvalue weighted by atomic mass is 19.2. The summed E-state index contributed by atoms with van der Waals surface area (Å²) in [5, 5.41) is 0. The van der Waals surface area contributed by atoms with Crippen LogP contribution in [0.1, 0.15) is 19.4 Å². The molecule has 3 aromatic rings. The molecule has 6 heteroatoms. The van der Waals surface area contributed by atoms with Gasteiger partial charge in [-0.25, -0.2) is 18.4 Å². The van der Waals surface area contributed by atoms with Gasteiger partial charge in [0.05, 0.1) is 6.61 Å². The second-order valence-corrected chi connectivity index (χ2v) is 7.85. The third-order valence-corrected chi connectivity index (χ3v) is 5.04. The standard InChI is InChI=1S/C28H24F2O4/c1-17(2)27(31)33-16-15-19-5-7-20(8-6-19)23-13-14-24(26(30)25(23)29)21-9-11-22(12-10-21)34-28(32)18(3)4/h5-14H,1,3,15-16H2,2,4H3. The first-order valence-electron chi connectivity index (χ1n) is 10.6. The van der Waals surface area contributed by atoms with Crippen molar-refractivity contribution in [1.29, 1.82) is 0 Å². The molecule has 0 spiro atoms. The molecule has 0 atom stereocenters. The number of halogens is 2. The number of carbonyl (C=O) groups excluding carboxylic acids is 2. The molecule has 0 aliphatic rings. The van der Waals surface area contributed by atoms with E-state index in [9.17, 15) is 18.4 Å². The molecule has 0 bridgehead atoms. The molecule has 0 aromatic heterocycles. The van der Waals surface area contributed by atoms with Gasteiger partial charge in [0.25, 0.3) is 0 Å². The minimum absolute atomic E-state index is 0.0926. The smallest absolute Gasteiger partial charge is 0.338 e. The van der Waals surface area contributed by atoms with Gasteiger partial charge in [-0.15, -0.1) is 0 Å². The Kier molecular flexibility index (Phi) is 7.74. The van der Waals surface area contributed by atoms with Crippen LogP contribution in [0.15, 0.2) is 85.0 Å². The fourth-order valence-corrected chi connectivity index (χ4v) is 3.13. The van der Waals surface area contributed by atoms with Crippen LogP contribution in [0.2, 0.25) is 0 Å². The van der Waals surface area contributed by atoms with Crippen LogP contribution in [0.5, 0.6) is 5.75 Å². The second-order valence-electron chi connectivity index (χ2n) is 7.85. The van der Waals surface area contributed by atoms with Crippen LogP contribution in [-0.4, -0.2) is 18.5 Å². The fourth-order valence-electron chi connectivity index (χ4n) is 3.13. The third kappa shape index (κ3) is 5.84. The molecule has 0 saturated carbocycles. The second kappa shape index (κ2) is 10.7. The van der Waals surface area contributed by atoms with Gasteiger partial charge < -0.3 is 9.47 Å². The molecule has 0 fully saturated rings. The molecule has 0 N–H and O–H groups in total. The Morgan fingerprint density at radius 1 is 0.735 bits per heavy atom. The molecule has 4 nitrogen and oxygen atoms in total. The molecule has 0 aliphatic heterocycles. The highest BCUT2D eigenvalue weighted by Gasteiger charge is 2.16. The van der Waals surface area contributed by atoms with Crippen molar-refractivity contribution in [2.45, 2.75) is 20.3 Å². The molecule has 0 unspecified atom stereocenters. The number of carbonyl (C=O) groups is 2. The molecule has 0 aliphatic carbocycles. The first-order valence-corrected chi connectivity index (χ1v) is 10.6. The highest BCUT2D eigenvalue weighted by Crippen LogP contribution is 2.32. The van der Waals surface area contributed by atoms with E-state index in [0.717, 1.165) is 5.56 Å². The van der Waals surface area contributed by atoms with Gasteiger partial charge >= 0.3 is 11.9 Å². The third-order valence-electron chi connectivity index (χ3n) is 5.04. The number of esters is 2. The maximum atomic E-state index is 14.9. The van der Waals surface area contributed by atoms with Crippen molar-refractivity contribution in [3.63, 3.8) is 0 Å². The summed E-state index contributed by atoms with van der Waals surface area (Å²) in [5.74, 6) is -2.66. The Balaban J connectivity index is 1.74. The Hall–Kier alpha value is -4.06. The van der Waals surface area contributed by atoms with E-state index in [1.807, 2.05) is 0 Å². The van der Waals surface area contributed by atoms with E-state index in [1.165, 1.54) is 31.2 Å². The van der Waals surface area contributed by atoms with Crippen molar-refractivity contribution in [2.24, 2.45) is 0 Å². The van der Waals surface area contributed by atoms with E-state index in [0.29, 0.717) is 23.1 Å². The Labute approximate surface area is 197 Å². The summed E-state index contributed by atoms with van der Waals surface area (Å²) in [6.07, 6.45) is 0.493. The largest absolute Gasteiger partial charge is 0.462 e. The normalized spacial score (nSPS) is 10.5. The Morgan fingerprint density at radius 3 is 1.68 bits per heavy atom. The van der Waals surface area contributed by atoms with E-state index in [4.69, 9.17) is 9.47 Å². The maximum Gasteiger partial charge on any atom is 0.338 e. The lowest BCUT2D eigenvalue weighted by molar-refractivity contribution is -0.138. The molecular weight excluding hydrogens is 438 g/mol. The quantitative estimate of drug-likeness (QED) is 0.220. The van der Waals surface area contributed by atoms with Crippen LogP contribution >= 0.6 is 0 Å². The Bertz CT molecular complexity index is 1240. The molecule has 0 radical (unpaired) electrons. The number of ether oxygens (including phenoxy) is 2. The predicted octanol–water partition coefficient (Wildman–Crippen LogP) is 6.44. The molecule has 0 amide bonds. The average molecular weight is 462 g/mol. The summed E-state index contributed by atoms with van der Waals surface area (Å²) in [5.41, 5.74) is 2.67. The summed E-state index contributed by atoms with van der Waals surface area (Å²) in [6.45, 7) is 10.4. The van der Waals surface area contributed by atoms with E-state index in [1.54, 1.807) is 43.3 Å². The first-order chi connectivity index (χ1) is 16.2. The van der Waals surface area contributed by atoms with Gasteiger partial charge in [-0.05, 0) is 42.7 Å². The van der Waals surface area contributed by atoms with Gasteiger partial charge in [0.15, 0.2) is 11.6 Å². The van der Waals surface area contributed by atoms with E-state index in [2.05, 4.69) is 13.2 Å². The zero-order valence-corrected chi connectivity index (χ0v) is 19.0. The molecule has 3 rings (SSSR count). The number of benzene rings is 3. The van der Waals surface area contributed by atoms with Gasteiger partial charge in [-0.2, -0.15) is 0 Å². The lowest BCUT2D eigenvalue weighted by Gasteiger charge is -2.11. The van der Waals surface area contributed by atoms with E-state index in [-0.39, 0.29) is 29.1 Å². The van der Waals surface area contributed by atoms with Crippen molar-refractivity contribution in [3.05, 3.63) is 102 Å². The first kappa shape index (κ1) is 24.6. The van der Waals surface area contributed by atoms with Crippen LogP contribution in [0.3, 0.4) is 0 Å². The fraction of sp³-hybridized carbons (Fsp3) is 0.143. The van der Waals surface area contributed by atoms with E-state index < -0.39 is 23.6 Å². The Morgan fingerprint density at radius 2 is 1.21 bits per heavy atom. The molecule has 174 valence electrons. The van der Waals surface area contributed by atoms with Crippen LogP contribution in [0.4, 0.5) is 8.78 Å². The predicted molar refractivity (Wildman–Crippen MR) is 127 cm³/mol. The van der Waals surface area contributed by atoms with E-state index >= 15 is 0 Å². The van der Waals surface area contributed by atoms with Crippen LogP contribution in [0.25, 0.3) is 22.3 Å². The molecule has 0 heterocycles. The van der Waals surface area contributed by atoms with Gasteiger partial charge in [0.1, 0.15) is 5.75 Å². The summed E-state index contributed by atoms with van der Waals surface area (Å²) in [7, 11) is 0. The molecule has 0 saturated heterocycles. The average Bonchev–Trinajstić information content (AvgIpc) is 2.82. The zero-order valence-electron chi connectivity index (χ0n) is 19.0. The van der Waals surface area contributed by atoms with Crippen molar-refractivity contribution < 1.29 is 27.8 Å². The van der Waals surface area contributed by atoms with Crippen molar-refractivity contribution >= 4 is 11.9 Å². The highest BCUT2D eigenvalue weighted by molar-refractivity contribution is 5.89. The van der Waals surface area contributed by atoms with Crippen molar-refractivity contribution in [3.8, 4) is 28.0 Å². The van der Waals surface area contributed by atoms with Gasteiger partial charge in [0.2, 0.25) is 0 Å². The van der Waals surface area contributed by atoms with Crippen LogP contribution in [0, 0.1) is 11.6 Å². The minimum atomic E-state index is -0.972.